The maximum Gasteiger partial charge on any atom is 0.251 e. The van der Waals surface area contributed by atoms with Crippen molar-refractivity contribution in [3.05, 3.63) is 65.5 Å². The molecule has 0 radical (unpaired) electrons. The second kappa shape index (κ2) is 9.51. The number of aromatic nitrogens is 1. The molecule has 2 heterocycles. The molecule has 1 amide bonds. The zero-order valence-electron chi connectivity index (χ0n) is 14.2. The van der Waals surface area contributed by atoms with Crippen LogP contribution < -0.4 is 11.1 Å². The molecule has 25 heavy (non-hydrogen) atoms. The Morgan fingerprint density at radius 2 is 1.88 bits per heavy atom. The number of amides is 1. The second-order valence-corrected chi connectivity index (χ2v) is 6.29. The van der Waals surface area contributed by atoms with Gasteiger partial charge in [0.05, 0.1) is 0 Å². The summed E-state index contributed by atoms with van der Waals surface area (Å²) in [5.41, 5.74) is 8.56. The van der Waals surface area contributed by atoms with Crippen LogP contribution in [-0.4, -0.2) is 34.9 Å². The van der Waals surface area contributed by atoms with Crippen molar-refractivity contribution in [2.75, 3.05) is 13.1 Å². The van der Waals surface area contributed by atoms with Gasteiger partial charge in [-0.15, -0.1) is 12.4 Å². The predicted molar refractivity (Wildman–Crippen MR) is 102 cm³/mol. The summed E-state index contributed by atoms with van der Waals surface area (Å²) >= 11 is 0. The van der Waals surface area contributed by atoms with Crippen LogP contribution in [0.2, 0.25) is 0 Å². The van der Waals surface area contributed by atoms with E-state index in [9.17, 15) is 4.79 Å². The Balaban J connectivity index is 0.00000225. The molecule has 0 aliphatic carbocycles. The molecule has 0 spiro atoms. The third-order valence-electron chi connectivity index (χ3n) is 4.50. The topological polar surface area (TPSA) is 71.2 Å². The van der Waals surface area contributed by atoms with Crippen molar-refractivity contribution in [3.8, 4) is 0 Å². The van der Waals surface area contributed by atoms with E-state index in [2.05, 4.69) is 21.3 Å². The van der Waals surface area contributed by atoms with Gasteiger partial charge in [-0.3, -0.25) is 14.7 Å². The van der Waals surface area contributed by atoms with Crippen molar-refractivity contribution in [2.45, 2.75) is 32.0 Å². The lowest BCUT2D eigenvalue weighted by Gasteiger charge is -2.32. The summed E-state index contributed by atoms with van der Waals surface area (Å²) in [7, 11) is 0. The maximum atomic E-state index is 12.3. The minimum absolute atomic E-state index is 0. The number of benzene rings is 1. The van der Waals surface area contributed by atoms with Gasteiger partial charge in [0.25, 0.3) is 5.91 Å². The van der Waals surface area contributed by atoms with Crippen LogP contribution in [-0.2, 0) is 13.1 Å². The van der Waals surface area contributed by atoms with Gasteiger partial charge in [-0.1, -0.05) is 18.2 Å². The van der Waals surface area contributed by atoms with Gasteiger partial charge in [0, 0.05) is 50.2 Å². The van der Waals surface area contributed by atoms with E-state index in [1.807, 2.05) is 36.5 Å². The molecule has 0 atom stereocenters. The summed E-state index contributed by atoms with van der Waals surface area (Å²) in [4.78, 5) is 18.9. The molecule has 6 heteroatoms. The van der Waals surface area contributed by atoms with Gasteiger partial charge in [0.1, 0.15) is 0 Å². The van der Waals surface area contributed by atoms with E-state index >= 15 is 0 Å². The second-order valence-electron chi connectivity index (χ2n) is 6.29. The minimum atomic E-state index is 0. The molecule has 1 saturated heterocycles. The molecule has 2 aromatic rings. The zero-order chi connectivity index (χ0) is 16.8. The highest BCUT2D eigenvalue weighted by molar-refractivity contribution is 5.94. The first-order chi connectivity index (χ1) is 11.7. The fourth-order valence-corrected chi connectivity index (χ4v) is 3.05. The van der Waals surface area contributed by atoms with E-state index in [-0.39, 0.29) is 24.4 Å². The molecule has 0 unspecified atom stereocenters. The van der Waals surface area contributed by atoms with Gasteiger partial charge in [-0.2, -0.15) is 0 Å². The molecule has 1 aromatic carbocycles. The quantitative estimate of drug-likeness (QED) is 0.858. The number of piperidine rings is 1. The third-order valence-corrected chi connectivity index (χ3v) is 4.50. The summed E-state index contributed by atoms with van der Waals surface area (Å²) in [6.07, 6.45) is 5.67. The van der Waals surface area contributed by atoms with Crippen LogP contribution in [0.25, 0.3) is 0 Å². The molecule has 1 fully saturated rings. The lowest BCUT2D eigenvalue weighted by atomic mass is 10.0. The smallest absolute Gasteiger partial charge is 0.251 e. The molecule has 3 rings (SSSR count). The van der Waals surface area contributed by atoms with Crippen molar-refractivity contribution in [3.63, 3.8) is 0 Å². The molecule has 0 saturated carbocycles. The van der Waals surface area contributed by atoms with Gasteiger partial charge in [-0.25, -0.2) is 0 Å². The molecule has 134 valence electrons. The fourth-order valence-electron chi connectivity index (χ4n) is 3.05. The van der Waals surface area contributed by atoms with Crippen LogP contribution >= 0.6 is 12.4 Å². The lowest BCUT2D eigenvalue weighted by molar-refractivity contribution is 0.0909. The number of carbonyl (C=O) groups is 1. The number of nitrogens with one attached hydrogen (secondary N) is 1. The van der Waals surface area contributed by atoms with E-state index in [1.165, 1.54) is 5.56 Å². The van der Waals surface area contributed by atoms with Crippen LogP contribution in [0.5, 0.6) is 0 Å². The highest BCUT2D eigenvalue weighted by Gasteiger charge is 2.21. The van der Waals surface area contributed by atoms with Gasteiger partial charge < -0.3 is 11.1 Å². The van der Waals surface area contributed by atoms with Crippen LogP contribution in [0.15, 0.2) is 48.8 Å². The fraction of sp³-hybridized carbons (Fsp3) is 0.368. The number of carbonyl (C=O) groups excluding carboxylic acids is 1. The Morgan fingerprint density at radius 3 is 2.48 bits per heavy atom. The summed E-state index contributed by atoms with van der Waals surface area (Å²) in [5.74, 6) is 0.00396. The number of nitrogens with zero attached hydrogens (tertiary/aromatic N) is 2. The number of hydrogen-bond acceptors (Lipinski definition) is 4. The van der Waals surface area contributed by atoms with Crippen LogP contribution in [0.3, 0.4) is 0 Å². The Hall–Kier alpha value is -1.95. The highest BCUT2D eigenvalue weighted by atomic mass is 35.5. The van der Waals surface area contributed by atoms with Gasteiger partial charge in [0.2, 0.25) is 0 Å². The van der Waals surface area contributed by atoms with Crippen molar-refractivity contribution in [1.29, 1.82) is 0 Å². The monoisotopic (exact) mass is 360 g/mol. The van der Waals surface area contributed by atoms with Crippen LogP contribution in [0, 0.1) is 0 Å². The Labute approximate surface area is 155 Å². The van der Waals surface area contributed by atoms with Crippen molar-refractivity contribution in [1.82, 2.24) is 15.2 Å². The summed E-state index contributed by atoms with van der Waals surface area (Å²) in [6, 6.07) is 11.8. The number of pyridine rings is 1. The van der Waals surface area contributed by atoms with Gasteiger partial charge >= 0.3 is 0 Å². The largest absolute Gasteiger partial charge is 0.349 e. The first-order valence-corrected chi connectivity index (χ1v) is 8.46. The van der Waals surface area contributed by atoms with Crippen molar-refractivity contribution >= 4 is 18.3 Å². The molecule has 3 N–H and O–H groups in total. The molecule has 0 bridgehead atoms. The van der Waals surface area contributed by atoms with E-state index in [0.717, 1.165) is 38.0 Å². The number of nitrogens with two attached hydrogens (primary N) is 1. The first-order valence-electron chi connectivity index (χ1n) is 8.46. The van der Waals surface area contributed by atoms with E-state index < -0.39 is 0 Å². The van der Waals surface area contributed by atoms with E-state index in [0.29, 0.717) is 12.1 Å². The highest BCUT2D eigenvalue weighted by Crippen LogP contribution is 2.14. The zero-order valence-corrected chi connectivity index (χ0v) is 15.0. The first kappa shape index (κ1) is 19.4. The Bertz CT molecular complexity index is 655. The van der Waals surface area contributed by atoms with Gasteiger partial charge in [-0.05, 0) is 42.2 Å². The Morgan fingerprint density at radius 1 is 1.16 bits per heavy atom. The number of likely N-dealkylation sites (tertiary alicyclic amines) is 1. The minimum Gasteiger partial charge on any atom is -0.349 e. The number of rotatable bonds is 5. The average Bonchev–Trinajstić information content (AvgIpc) is 2.64. The number of halogens is 1. The Kier molecular flexibility index (Phi) is 7.37. The summed E-state index contributed by atoms with van der Waals surface area (Å²) < 4.78 is 0. The summed E-state index contributed by atoms with van der Waals surface area (Å²) in [6.45, 7) is 3.41. The molecule has 1 aliphatic rings. The molecular weight excluding hydrogens is 336 g/mol. The number of hydrogen-bond donors (Lipinski definition) is 2. The predicted octanol–water partition coefficient (Wildman–Crippen LogP) is 2.36. The van der Waals surface area contributed by atoms with Crippen LogP contribution in [0.4, 0.5) is 0 Å². The van der Waals surface area contributed by atoms with Crippen molar-refractivity contribution in [2.24, 2.45) is 5.73 Å². The molecule has 1 aromatic heterocycles. The van der Waals surface area contributed by atoms with E-state index in [4.69, 9.17) is 5.73 Å². The molecular formula is C19H25ClN4O. The molecule has 5 nitrogen and oxygen atoms in total. The van der Waals surface area contributed by atoms with E-state index in [1.54, 1.807) is 6.20 Å². The average molecular weight is 361 g/mol. The maximum absolute atomic E-state index is 12.3. The molecule has 1 aliphatic heterocycles. The van der Waals surface area contributed by atoms with Crippen LogP contribution in [0.1, 0.15) is 34.3 Å². The standard InChI is InChI=1S/C19H24N4O.ClH/c20-12-15-3-5-17(6-4-15)19(24)22-18-7-10-23(11-8-18)14-16-2-1-9-21-13-16;/h1-6,9,13,18H,7-8,10-12,14,20H2,(H,22,24);1H. The lowest BCUT2D eigenvalue weighted by Crippen LogP contribution is -2.44. The third kappa shape index (κ3) is 5.53. The SMILES string of the molecule is Cl.NCc1ccc(C(=O)NC2CCN(Cc3cccnc3)CC2)cc1. The normalized spacial score (nSPS) is 15.4. The van der Waals surface area contributed by atoms with Crippen molar-refractivity contribution < 1.29 is 4.79 Å². The van der Waals surface area contributed by atoms with Gasteiger partial charge in [0.15, 0.2) is 0 Å². The summed E-state index contributed by atoms with van der Waals surface area (Å²) in [5, 5.41) is 3.15.